The fourth-order valence-corrected chi connectivity index (χ4v) is 10.4. The zero-order valence-corrected chi connectivity index (χ0v) is 60.0. The number of nitrogens with one attached hydrogen (secondary N) is 16. The van der Waals surface area contributed by atoms with Crippen LogP contribution in [0.15, 0.2) is 24.3 Å². The molecule has 1 aromatic carbocycles. The quantitative estimate of drug-likeness (QED) is 0.0125. The van der Waals surface area contributed by atoms with E-state index in [1.165, 1.54) is 23.9 Å². The highest BCUT2D eigenvalue weighted by molar-refractivity contribution is 7.98. The van der Waals surface area contributed by atoms with Gasteiger partial charge in [0.25, 0.3) is 0 Å². The molecular formula is C62H98N20O26S. The average molecular weight is 1570 g/mol. The molecule has 0 saturated carbocycles. The molecule has 109 heavy (non-hydrogen) atoms. The number of rotatable bonds is 57. The van der Waals surface area contributed by atoms with Crippen molar-refractivity contribution < 1.29 is 127 Å². The van der Waals surface area contributed by atoms with Crippen molar-refractivity contribution >= 4 is 131 Å². The molecule has 0 aliphatic rings. The van der Waals surface area contributed by atoms with Crippen LogP contribution >= 0.6 is 11.8 Å². The van der Waals surface area contributed by atoms with Crippen molar-refractivity contribution in [2.75, 3.05) is 44.8 Å². The van der Waals surface area contributed by atoms with Gasteiger partial charge in [0.1, 0.15) is 78.3 Å². The van der Waals surface area contributed by atoms with Crippen LogP contribution in [0, 0.1) is 10.8 Å². The Kier molecular flexibility index (Phi) is 45.0. The van der Waals surface area contributed by atoms with Crippen LogP contribution in [0.2, 0.25) is 0 Å². The fraction of sp³-hybridized carbons (Fsp3) is 0.581. The van der Waals surface area contributed by atoms with Gasteiger partial charge in [-0.2, -0.15) is 11.8 Å². The molecule has 0 aromatic heterocycles. The van der Waals surface area contributed by atoms with E-state index in [4.69, 9.17) is 33.8 Å². The maximum atomic E-state index is 14.6. The van der Waals surface area contributed by atoms with Crippen molar-refractivity contribution in [1.82, 2.24) is 74.4 Å². The Labute approximate surface area is 626 Å². The number of carbonyl (C=O) groups excluding carboxylic acids is 12. The molecule has 0 heterocycles. The van der Waals surface area contributed by atoms with Crippen LogP contribution in [0.1, 0.15) is 108 Å². The summed E-state index contributed by atoms with van der Waals surface area (Å²) in [6, 6.07) is -18.3. The van der Waals surface area contributed by atoms with Crippen molar-refractivity contribution in [1.29, 1.82) is 10.8 Å². The molecule has 46 nitrogen and oxygen atoms in total. The predicted molar refractivity (Wildman–Crippen MR) is 379 cm³/mol. The highest BCUT2D eigenvalue weighted by Crippen LogP contribution is 2.15. The minimum Gasteiger partial charge on any atom is -0.508 e. The second kappa shape index (κ2) is 51.5. The molecule has 0 unspecified atom stereocenters. The number of thioether (sulfide) groups is 1. The van der Waals surface area contributed by atoms with Gasteiger partial charge in [0.2, 0.25) is 71.4 Å². The summed E-state index contributed by atoms with van der Waals surface area (Å²) in [6.45, 7) is -1.18. The van der Waals surface area contributed by atoms with E-state index in [0.29, 0.717) is 12.2 Å². The molecule has 0 saturated heterocycles. The van der Waals surface area contributed by atoms with E-state index in [2.05, 4.69) is 53.2 Å². The molecule has 12 amide bonds. The lowest BCUT2D eigenvalue weighted by atomic mass is 10.0. The lowest BCUT2D eigenvalue weighted by Gasteiger charge is -2.28. The van der Waals surface area contributed by atoms with Crippen molar-refractivity contribution in [3.05, 3.63) is 29.8 Å². The minimum absolute atomic E-state index is 0.0184. The molecule has 0 bridgehead atoms. The van der Waals surface area contributed by atoms with E-state index >= 15 is 0 Å². The maximum absolute atomic E-state index is 14.6. The molecule has 0 spiro atoms. The summed E-state index contributed by atoms with van der Waals surface area (Å²) in [6.07, 6.45) is -5.87. The van der Waals surface area contributed by atoms with Gasteiger partial charge in [0.15, 0.2) is 11.9 Å². The second-order valence-electron chi connectivity index (χ2n) is 24.2. The van der Waals surface area contributed by atoms with Gasteiger partial charge in [-0.25, -0.2) is 4.79 Å². The molecule has 0 fully saturated rings. The molecule has 32 N–H and O–H groups in total. The van der Waals surface area contributed by atoms with E-state index in [-0.39, 0.29) is 95.3 Å². The summed E-state index contributed by atoms with van der Waals surface area (Å²) >= 11 is 1.35. The number of amides is 12. The largest absolute Gasteiger partial charge is 0.508 e. The lowest BCUT2D eigenvalue weighted by molar-refractivity contribution is -0.145. The Bertz CT molecular complexity index is 3340. The summed E-state index contributed by atoms with van der Waals surface area (Å²) in [4.78, 5) is 238. The molecule has 0 radical (unpaired) electrons. The molecule has 0 aliphatic heterocycles. The predicted octanol–water partition coefficient (Wildman–Crippen LogP) is -9.63. The second-order valence-corrected chi connectivity index (χ2v) is 25.2. The first-order chi connectivity index (χ1) is 51.4. The number of nitrogens with two attached hydrogens (primary N) is 4. The standard InChI is InChI=1S/C62H98N20O26S/c1-109-21-16-32(71-29-84)49(96)72-35(11-7-20-70-62(67)68)52(99)82-43(28-83)59(106)74-34(10-6-19-69-61(65)66)51(98)78-39(24-45(88)89)55(102)76-37(22-30-12-14-31(85)15-13-30)53(100)73-33(8-2-4-17-63)50(97)77-40(25-46(90)91)56(103)80-42(27-48(94)95)58(105)81-41(26-47(92)93)57(104)79-38(23-44(86)87)54(101)75-36(60(107)108)9-3-5-18-64/h12-15,29,32-43,83,85H,2-11,16-28,63-64H2,1H3,(H,71,84)(H,72,96)(H,73,100)(H,74,106)(H,75,101)(H,76,102)(H,77,97)(H,78,98)(H,79,104)(H,80,103)(H,81,105)(H,82,99)(H,86,87)(H,88,89)(H,90,91)(H,92,93)(H,94,95)(H,107,108)(H4,65,66,69)(H4,67,68,70)/t32-,33-,34-,35-,36-,37-,38-,39-,40-,41-,42-,43-/m0/s1. The van der Waals surface area contributed by atoms with E-state index in [1.807, 2.05) is 21.3 Å². The Morgan fingerprint density at radius 3 is 0.972 bits per heavy atom. The molecule has 47 heteroatoms. The van der Waals surface area contributed by atoms with Crippen molar-refractivity contribution in [2.45, 2.75) is 182 Å². The van der Waals surface area contributed by atoms with Crippen molar-refractivity contribution in [2.24, 2.45) is 22.9 Å². The Balaban J connectivity index is 3.83. The van der Waals surface area contributed by atoms with Crippen LogP contribution in [0.5, 0.6) is 5.75 Å². The first-order valence-electron chi connectivity index (χ1n) is 33.7. The smallest absolute Gasteiger partial charge is 0.326 e. The zero-order chi connectivity index (χ0) is 82.5. The summed E-state index contributed by atoms with van der Waals surface area (Å²) in [7, 11) is 0. The Morgan fingerprint density at radius 2 is 0.670 bits per heavy atom. The Morgan fingerprint density at radius 1 is 0.394 bits per heavy atom. The molecule has 1 aromatic rings. The van der Waals surface area contributed by atoms with Crippen LogP contribution in [0.3, 0.4) is 0 Å². The summed E-state index contributed by atoms with van der Waals surface area (Å²) < 4.78 is 0. The third kappa shape index (κ3) is 39.4. The Hall–Kier alpha value is -11.7. The molecular weight excluding hydrogens is 1470 g/mol. The number of aliphatic hydroxyl groups excluding tert-OH is 1. The van der Waals surface area contributed by atoms with Crippen LogP contribution in [-0.4, -0.2) is 277 Å². The number of carbonyl (C=O) groups is 18. The number of hydrogen-bond donors (Lipinski definition) is 28. The number of carboxylic acid groups (broad SMARTS) is 6. The van der Waals surface area contributed by atoms with Gasteiger partial charge in [-0.3, -0.25) is 92.3 Å². The highest BCUT2D eigenvalue weighted by atomic mass is 32.2. The third-order valence-electron chi connectivity index (χ3n) is 15.5. The van der Waals surface area contributed by atoms with Crippen molar-refractivity contribution in [3.63, 3.8) is 0 Å². The molecule has 1 rings (SSSR count). The number of guanidine groups is 2. The molecule has 608 valence electrons. The summed E-state index contributed by atoms with van der Waals surface area (Å²) in [5.74, 6) is -26.4. The number of aromatic hydroxyl groups is 1. The van der Waals surface area contributed by atoms with E-state index in [0.717, 1.165) is 12.1 Å². The number of aliphatic hydroxyl groups is 1. The van der Waals surface area contributed by atoms with Crippen LogP contribution in [-0.2, 0) is 92.7 Å². The number of benzene rings is 1. The molecule has 0 aliphatic carbocycles. The zero-order valence-electron chi connectivity index (χ0n) is 59.2. The summed E-state index contributed by atoms with van der Waals surface area (Å²) in [5, 5.41) is 125. The molecule has 12 atom stereocenters. The third-order valence-corrected chi connectivity index (χ3v) is 16.1. The number of phenols is 1. The maximum Gasteiger partial charge on any atom is 0.326 e. The van der Waals surface area contributed by atoms with Crippen LogP contribution < -0.4 is 97.4 Å². The number of aliphatic carboxylic acids is 6. The van der Waals surface area contributed by atoms with Crippen molar-refractivity contribution in [3.8, 4) is 5.75 Å². The van der Waals surface area contributed by atoms with E-state index in [9.17, 15) is 127 Å². The number of hydrogen-bond acceptors (Lipinski definition) is 25. The minimum atomic E-state index is -2.40. The van der Waals surface area contributed by atoms with Gasteiger partial charge in [-0.05, 0) is 113 Å². The monoisotopic (exact) mass is 1570 g/mol. The SMILES string of the molecule is CSCC[C@H](NC=O)C(=O)N[C@@H](CCCNC(=N)N)C(=O)N[C@@H](CO)C(=O)N[C@@H](CCCNC(=N)N)C(=O)N[C@@H](CC(=O)O)C(=O)N[C@@H](Cc1ccc(O)cc1)C(=O)N[C@@H](CCCCN)C(=O)N[C@@H](CC(=O)O)C(=O)N[C@@H](CC(=O)O)C(=O)N[C@@H](CC(=O)O)C(=O)N[C@@H](CC(=O)O)C(=O)N[C@@H](CCCCN)C(=O)O. The lowest BCUT2D eigenvalue weighted by Crippen LogP contribution is -2.61. The van der Waals surface area contributed by atoms with Gasteiger partial charge in [-0.1, -0.05) is 12.1 Å². The number of phenolic OH excluding ortho intramolecular Hbond substituents is 1. The topological polar surface area (TPSA) is 789 Å². The first-order valence-corrected chi connectivity index (χ1v) is 35.1. The fourth-order valence-electron chi connectivity index (χ4n) is 9.90. The van der Waals surface area contributed by atoms with E-state index in [1.54, 1.807) is 6.26 Å². The van der Waals surface area contributed by atoms with Gasteiger partial charge < -0.3 is 138 Å². The van der Waals surface area contributed by atoms with Gasteiger partial charge >= 0.3 is 35.8 Å². The number of unbranched alkanes of at least 4 members (excludes halogenated alkanes) is 2. The number of carboxylic acids is 6. The van der Waals surface area contributed by atoms with Gasteiger partial charge in [0.05, 0.1) is 38.7 Å². The highest BCUT2D eigenvalue weighted by Gasteiger charge is 2.39. The normalized spacial score (nSPS) is 14.1. The van der Waals surface area contributed by atoms with Gasteiger partial charge in [0, 0.05) is 19.5 Å². The van der Waals surface area contributed by atoms with Crippen LogP contribution in [0.4, 0.5) is 0 Å². The first kappa shape index (κ1) is 95.3. The van der Waals surface area contributed by atoms with Crippen LogP contribution in [0.25, 0.3) is 0 Å². The average Bonchev–Trinajstić information content (AvgIpc) is 0.855. The van der Waals surface area contributed by atoms with Gasteiger partial charge in [-0.15, -0.1) is 0 Å². The van der Waals surface area contributed by atoms with E-state index < -0.39 is 243 Å². The summed E-state index contributed by atoms with van der Waals surface area (Å²) in [5.41, 5.74) is 22.1.